The number of carboxylic acids is 1. The van der Waals surface area contributed by atoms with Crippen LogP contribution in [0.5, 0.6) is 5.75 Å². The van der Waals surface area contributed by atoms with Crippen molar-refractivity contribution in [2.45, 2.75) is 18.2 Å². The van der Waals surface area contributed by atoms with Crippen molar-refractivity contribution in [1.29, 1.82) is 0 Å². The van der Waals surface area contributed by atoms with Crippen molar-refractivity contribution in [3.05, 3.63) is 101 Å². The molecule has 0 atom stereocenters. The average Bonchev–Trinajstić information content (AvgIpc) is 2.77. The zero-order valence-electron chi connectivity index (χ0n) is 16.7. The highest BCUT2D eigenvalue weighted by molar-refractivity contribution is 7.99. The van der Waals surface area contributed by atoms with Crippen molar-refractivity contribution in [1.82, 2.24) is 0 Å². The van der Waals surface area contributed by atoms with Crippen molar-refractivity contribution < 1.29 is 14.6 Å². The van der Waals surface area contributed by atoms with Crippen molar-refractivity contribution in [3.8, 4) is 5.75 Å². The van der Waals surface area contributed by atoms with Crippen LogP contribution in [0.25, 0.3) is 5.57 Å². The van der Waals surface area contributed by atoms with E-state index in [1.54, 1.807) is 23.9 Å². The fourth-order valence-electron chi connectivity index (χ4n) is 3.03. The first-order chi connectivity index (χ1) is 14.6. The summed E-state index contributed by atoms with van der Waals surface area (Å²) in [5.74, 6) is 0.175. The van der Waals surface area contributed by atoms with Crippen LogP contribution in [-0.2, 0) is 11.2 Å². The summed E-state index contributed by atoms with van der Waals surface area (Å²) < 4.78 is 5.18. The van der Waals surface area contributed by atoms with Gasteiger partial charge in [0.1, 0.15) is 5.75 Å². The van der Waals surface area contributed by atoms with Crippen molar-refractivity contribution in [2.75, 3.05) is 12.4 Å². The maximum absolute atomic E-state index is 10.6. The number of aliphatic carboxylic acids is 1. The summed E-state index contributed by atoms with van der Waals surface area (Å²) >= 11 is 7.99. The number of rotatable bonds is 9. The first kappa shape index (κ1) is 22.0. The molecule has 0 saturated carbocycles. The zero-order chi connectivity index (χ0) is 21.3. The van der Waals surface area contributed by atoms with Gasteiger partial charge in [0.05, 0.1) is 5.02 Å². The van der Waals surface area contributed by atoms with Crippen LogP contribution < -0.4 is 4.74 Å². The van der Waals surface area contributed by atoms with E-state index in [-0.39, 0.29) is 6.61 Å². The van der Waals surface area contributed by atoms with E-state index < -0.39 is 5.97 Å². The van der Waals surface area contributed by atoms with Crippen LogP contribution in [-0.4, -0.2) is 23.4 Å². The molecule has 1 N–H and O–H groups in total. The van der Waals surface area contributed by atoms with Gasteiger partial charge in [-0.3, -0.25) is 0 Å². The predicted molar refractivity (Wildman–Crippen MR) is 125 cm³/mol. The standard InChI is InChI=1S/C25H23ClO3S/c1-2-18-7-6-10-20(15-18)22(19-8-4-3-5-9-19)13-14-30-24-12-11-21(16-23(24)26)29-17-25(27)28/h3-13,15-16H,2,14,17H2,1H3,(H,27,28). The molecule has 0 unspecified atom stereocenters. The largest absolute Gasteiger partial charge is 0.482 e. The Bertz CT molecular complexity index is 1030. The Morgan fingerprint density at radius 2 is 1.80 bits per heavy atom. The number of aryl methyl sites for hydroxylation is 1. The number of thioether (sulfide) groups is 1. The van der Waals surface area contributed by atoms with E-state index in [1.807, 2.05) is 24.3 Å². The molecule has 0 amide bonds. The summed E-state index contributed by atoms with van der Waals surface area (Å²) in [6.45, 7) is 1.77. The van der Waals surface area contributed by atoms with Crippen LogP contribution in [0.3, 0.4) is 0 Å². The molecule has 5 heteroatoms. The molecule has 0 aliphatic heterocycles. The number of carboxylic acid groups (broad SMARTS) is 1. The third-order valence-electron chi connectivity index (χ3n) is 4.52. The molecule has 0 aromatic heterocycles. The quantitative estimate of drug-likeness (QED) is 0.383. The molecule has 0 saturated heterocycles. The predicted octanol–water partition coefficient (Wildman–Crippen LogP) is 6.59. The molecule has 3 nitrogen and oxygen atoms in total. The molecule has 0 bridgehead atoms. The lowest BCUT2D eigenvalue weighted by Gasteiger charge is -2.11. The summed E-state index contributed by atoms with van der Waals surface area (Å²) in [4.78, 5) is 11.6. The van der Waals surface area contributed by atoms with Gasteiger partial charge in [-0.05, 0) is 46.9 Å². The van der Waals surface area contributed by atoms with Gasteiger partial charge in [0, 0.05) is 10.6 Å². The third kappa shape index (κ3) is 6.15. The number of hydrogen-bond acceptors (Lipinski definition) is 3. The normalized spacial score (nSPS) is 11.3. The Morgan fingerprint density at radius 1 is 1.03 bits per heavy atom. The van der Waals surface area contributed by atoms with Crippen molar-refractivity contribution in [3.63, 3.8) is 0 Å². The van der Waals surface area contributed by atoms with E-state index in [2.05, 4.69) is 49.4 Å². The number of halogens is 1. The van der Waals surface area contributed by atoms with E-state index in [1.165, 1.54) is 22.3 Å². The summed E-state index contributed by atoms with van der Waals surface area (Å²) in [5.41, 5.74) is 4.87. The summed E-state index contributed by atoms with van der Waals surface area (Å²) in [7, 11) is 0. The molecule has 0 radical (unpaired) electrons. The van der Waals surface area contributed by atoms with Crippen molar-refractivity contribution in [2.24, 2.45) is 0 Å². The first-order valence-electron chi connectivity index (χ1n) is 9.68. The Hall–Kier alpha value is -2.69. The lowest BCUT2D eigenvalue weighted by Crippen LogP contribution is -2.09. The summed E-state index contributed by atoms with van der Waals surface area (Å²) in [6, 6.07) is 24.2. The van der Waals surface area contributed by atoms with Crippen molar-refractivity contribution >= 4 is 34.9 Å². The van der Waals surface area contributed by atoms with E-state index in [0.717, 1.165) is 17.1 Å². The topological polar surface area (TPSA) is 46.5 Å². The molecule has 154 valence electrons. The van der Waals surface area contributed by atoms with E-state index in [9.17, 15) is 4.79 Å². The highest BCUT2D eigenvalue weighted by Crippen LogP contribution is 2.32. The second-order valence-electron chi connectivity index (χ2n) is 6.62. The van der Waals surface area contributed by atoms with Crippen LogP contribution in [0.2, 0.25) is 5.02 Å². The van der Waals surface area contributed by atoms with Crippen LogP contribution in [0.1, 0.15) is 23.6 Å². The number of benzene rings is 3. The Labute approximate surface area is 186 Å². The Kier molecular flexibility index (Phi) is 8.00. The number of ether oxygens (including phenoxy) is 1. The fourth-order valence-corrected chi connectivity index (χ4v) is 4.15. The third-order valence-corrected chi connectivity index (χ3v) is 5.95. The minimum Gasteiger partial charge on any atom is -0.482 e. The molecule has 3 rings (SSSR count). The Morgan fingerprint density at radius 3 is 2.50 bits per heavy atom. The lowest BCUT2D eigenvalue weighted by molar-refractivity contribution is -0.139. The van der Waals surface area contributed by atoms with E-state index in [4.69, 9.17) is 21.4 Å². The molecule has 30 heavy (non-hydrogen) atoms. The SMILES string of the molecule is CCc1cccc(C(=CCSc2ccc(OCC(=O)O)cc2Cl)c2ccccc2)c1. The highest BCUT2D eigenvalue weighted by atomic mass is 35.5. The van der Waals surface area contributed by atoms with Gasteiger partial charge in [0.15, 0.2) is 6.61 Å². The average molecular weight is 439 g/mol. The Balaban J connectivity index is 1.79. The second-order valence-corrected chi connectivity index (χ2v) is 8.09. The summed E-state index contributed by atoms with van der Waals surface area (Å²) in [6.07, 6.45) is 3.22. The van der Waals surface area contributed by atoms with E-state index >= 15 is 0 Å². The molecular weight excluding hydrogens is 416 g/mol. The minimum absolute atomic E-state index is 0.386. The highest BCUT2D eigenvalue weighted by Gasteiger charge is 2.08. The summed E-state index contributed by atoms with van der Waals surface area (Å²) in [5, 5.41) is 9.27. The van der Waals surface area contributed by atoms with Crippen LogP contribution >= 0.6 is 23.4 Å². The maximum Gasteiger partial charge on any atom is 0.341 e. The molecule has 0 aliphatic rings. The maximum atomic E-state index is 10.6. The number of hydrogen-bond donors (Lipinski definition) is 1. The molecule has 0 aliphatic carbocycles. The van der Waals surface area contributed by atoms with Gasteiger partial charge in [0.25, 0.3) is 0 Å². The monoisotopic (exact) mass is 438 g/mol. The lowest BCUT2D eigenvalue weighted by atomic mass is 9.96. The van der Waals surface area contributed by atoms with Gasteiger partial charge < -0.3 is 9.84 Å². The van der Waals surface area contributed by atoms with Crippen LogP contribution in [0, 0.1) is 0 Å². The van der Waals surface area contributed by atoms with Gasteiger partial charge in [-0.15, -0.1) is 11.8 Å². The van der Waals surface area contributed by atoms with Gasteiger partial charge in [-0.1, -0.05) is 79.2 Å². The molecule has 0 fully saturated rings. The van der Waals surface area contributed by atoms with Gasteiger partial charge in [-0.25, -0.2) is 4.79 Å². The fraction of sp³-hybridized carbons (Fsp3) is 0.160. The molecule has 0 spiro atoms. The van der Waals surface area contributed by atoms with Crippen LogP contribution in [0.4, 0.5) is 0 Å². The first-order valence-corrected chi connectivity index (χ1v) is 11.0. The zero-order valence-corrected chi connectivity index (χ0v) is 18.2. The smallest absolute Gasteiger partial charge is 0.341 e. The minimum atomic E-state index is -1.02. The van der Waals surface area contributed by atoms with E-state index in [0.29, 0.717) is 10.8 Å². The van der Waals surface area contributed by atoms with Crippen LogP contribution in [0.15, 0.2) is 83.8 Å². The second kappa shape index (κ2) is 10.9. The molecule has 3 aromatic rings. The van der Waals surface area contributed by atoms with Gasteiger partial charge in [0.2, 0.25) is 0 Å². The van der Waals surface area contributed by atoms with Gasteiger partial charge in [-0.2, -0.15) is 0 Å². The molecule has 3 aromatic carbocycles. The molecule has 0 heterocycles. The molecular formula is C25H23ClO3S. The van der Waals surface area contributed by atoms with Gasteiger partial charge >= 0.3 is 5.97 Å². The number of carbonyl (C=O) groups is 1.